The summed E-state index contributed by atoms with van der Waals surface area (Å²) in [7, 11) is 0. The van der Waals surface area contributed by atoms with Crippen LogP contribution in [0, 0.1) is 5.41 Å². The molecular weight excluding hydrogens is 280 g/mol. The van der Waals surface area contributed by atoms with Gasteiger partial charge in [0, 0.05) is 43.9 Å². The van der Waals surface area contributed by atoms with Crippen molar-refractivity contribution in [2.24, 2.45) is 5.41 Å². The van der Waals surface area contributed by atoms with Crippen molar-refractivity contribution in [3.63, 3.8) is 0 Å². The molecule has 2 atom stereocenters. The number of ether oxygens (including phenoxy) is 1. The number of hydrogen-bond acceptors (Lipinski definition) is 4. The van der Waals surface area contributed by atoms with Gasteiger partial charge in [0.2, 0.25) is 5.91 Å². The lowest BCUT2D eigenvalue weighted by Gasteiger charge is -2.56. The second kappa shape index (κ2) is 6.34. The number of likely N-dealkylation sites (tertiary alicyclic amines) is 1. The summed E-state index contributed by atoms with van der Waals surface area (Å²) in [5, 5.41) is 10.2. The van der Waals surface area contributed by atoms with E-state index in [0.29, 0.717) is 26.1 Å². The molecule has 5 nitrogen and oxygen atoms in total. The molecule has 0 bridgehead atoms. The van der Waals surface area contributed by atoms with Gasteiger partial charge in [0.25, 0.3) is 0 Å². The first kappa shape index (κ1) is 15.4. The van der Waals surface area contributed by atoms with E-state index in [9.17, 15) is 9.90 Å². The van der Waals surface area contributed by atoms with E-state index >= 15 is 0 Å². The Bertz CT molecular complexity index is 510. The minimum atomic E-state index is -0.278. The predicted octanol–water partition coefficient (Wildman–Crippen LogP) is 1.40. The highest BCUT2D eigenvalue weighted by atomic mass is 16.5. The van der Waals surface area contributed by atoms with Gasteiger partial charge in [0.05, 0.1) is 18.6 Å². The van der Waals surface area contributed by atoms with Crippen LogP contribution in [0.5, 0.6) is 0 Å². The topological polar surface area (TPSA) is 62.7 Å². The first-order valence-electron chi connectivity index (χ1n) is 8.12. The SMILES string of the molecule is CCO[C@@H]1C[C@H](O)C12CCN(C(=O)Cc1cccnc1)CC2. The fourth-order valence-electron chi connectivity index (χ4n) is 3.78. The quantitative estimate of drug-likeness (QED) is 0.913. The Morgan fingerprint density at radius 2 is 2.27 bits per heavy atom. The summed E-state index contributed by atoms with van der Waals surface area (Å²) >= 11 is 0. The zero-order valence-electron chi connectivity index (χ0n) is 13.1. The Morgan fingerprint density at radius 3 is 2.86 bits per heavy atom. The van der Waals surface area contributed by atoms with Gasteiger partial charge < -0.3 is 14.7 Å². The molecule has 120 valence electrons. The van der Waals surface area contributed by atoms with E-state index in [1.807, 2.05) is 24.0 Å². The van der Waals surface area contributed by atoms with E-state index in [1.54, 1.807) is 12.4 Å². The van der Waals surface area contributed by atoms with Crippen LogP contribution in [0.4, 0.5) is 0 Å². The van der Waals surface area contributed by atoms with Crippen LogP contribution in [0.2, 0.25) is 0 Å². The van der Waals surface area contributed by atoms with Crippen LogP contribution >= 0.6 is 0 Å². The Kier molecular flexibility index (Phi) is 4.45. The Balaban J connectivity index is 1.56. The molecule has 3 rings (SSSR count). The molecule has 1 amide bonds. The lowest BCUT2D eigenvalue weighted by atomic mass is 9.58. The normalized spacial score (nSPS) is 26.7. The van der Waals surface area contributed by atoms with Gasteiger partial charge >= 0.3 is 0 Å². The number of rotatable bonds is 4. The summed E-state index contributed by atoms with van der Waals surface area (Å²) < 4.78 is 5.76. The van der Waals surface area contributed by atoms with E-state index in [-0.39, 0.29) is 23.5 Å². The standard InChI is InChI=1S/C17H24N2O3/c1-2-22-15-11-14(20)17(15)5-8-19(9-6-17)16(21)10-13-4-3-7-18-12-13/h3-4,7,12,14-15,20H,2,5-6,8-11H2,1H3/t14-,15+/m0/s1. The van der Waals surface area contributed by atoms with Crippen LogP contribution in [0.15, 0.2) is 24.5 Å². The van der Waals surface area contributed by atoms with E-state index in [0.717, 1.165) is 24.8 Å². The maximum Gasteiger partial charge on any atom is 0.227 e. The molecule has 1 aliphatic heterocycles. The van der Waals surface area contributed by atoms with Crippen LogP contribution < -0.4 is 0 Å². The highest BCUT2D eigenvalue weighted by Crippen LogP contribution is 2.50. The van der Waals surface area contributed by atoms with Crippen LogP contribution in [-0.2, 0) is 16.0 Å². The maximum atomic E-state index is 12.4. The molecule has 1 aromatic heterocycles. The van der Waals surface area contributed by atoms with Gasteiger partial charge in [-0.1, -0.05) is 6.07 Å². The van der Waals surface area contributed by atoms with Crippen molar-refractivity contribution in [3.05, 3.63) is 30.1 Å². The summed E-state index contributed by atoms with van der Waals surface area (Å²) in [4.78, 5) is 18.3. The number of carbonyl (C=O) groups is 1. The number of aliphatic hydroxyl groups is 1. The molecule has 1 aromatic rings. The van der Waals surface area contributed by atoms with E-state index in [1.165, 1.54) is 0 Å². The Labute approximate surface area is 131 Å². The molecule has 1 saturated carbocycles. The van der Waals surface area contributed by atoms with Gasteiger partial charge in [-0.3, -0.25) is 9.78 Å². The molecule has 22 heavy (non-hydrogen) atoms. The van der Waals surface area contributed by atoms with E-state index in [2.05, 4.69) is 4.98 Å². The minimum Gasteiger partial charge on any atom is -0.392 e. The van der Waals surface area contributed by atoms with Crippen LogP contribution in [0.25, 0.3) is 0 Å². The van der Waals surface area contributed by atoms with Crippen LogP contribution in [-0.4, -0.2) is 52.8 Å². The number of carbonyl (C=O) groups excluding carboxylic acids is 1. The average molecular weight is 304 g/mol. The molecule has 1 N–H and O–H groups in total. The van der Waals surface area contributed by atoms with Crippen molar-refractivity contribution in [2.75, 3.05) is 19.7 Å². The van der Waals surface area contributed by atoms with Crippen LogP contribution in [0.1, 0.15) is 31.7 Å². The number of pyridine rings is 1. The van der Waals surface area contributed by atoms with Crippen molar-refractivity contribution >= 4 is 5.91 Å². The van der Waals surface area contributed by atoms with Crippen molar-refractivity contribution in [1.29, 1.82) is 0 Å². The zero-order valence-corrected chi connectivity index (χ0v) is 13.1. The fourth-order valence-corrected chi connectivity index (χ4v) is 3.78. The molecular formula is C17H24N2O3. The lowest BCUT2D eigenvalue weighted by molar-refractivity contribution is -0.210. The highest BCUT2D eigenvalue weighted by Gasteiger charge is 2.56. The Morgan fingerprint density at radius 1 is 1.50 bits per heavy atom. The van der Waals surface area contributed by atoms with E-state index < -0.39 is 0 Å². The van der Waals surface area contributed by atoms with Gasteiger partial charge in [-0.05, 0) is 31.4 Å². The van der Waals surface area contributed by atoms with Crippen LogP contribution in [0.3, 0.4) is 0 Å². The number of aromatic nitrogens is 1. The summed E-state index contributed by atoms with van der Waals surface area (Å²) in [5.74, 6) is 0.143. The first-order chi connectivity index (χ1) is 10.7. The lowest BCUT2D eigenvalue weighted by Crippen LogP contribution is -2.62. The third-order valence-corrected chi connectivity index (χ3v) is 5.24. The smallest absolute Gasteiger partial charge is 0.227 e. The average Bonchev–Trinajstić information content (AvgIpc) is 2.56. The molecule has 0 radical (unpaired) electrons. The fraction of sp³-hybridized carbons (Fsp3) is 0.647. The molecule has 2 fully saturated rings. The second-order valence-electron chi connectivity index (χ2n) is 6.35. The first-order valence-corrected chi connectivity index (χ1v) is 8.12. The summed E-state index contributed by atoms with van der Waals surface area (Å²) in [6.07, 6.45) is 6.13. The number of nitrogens with zero attached hydrogens (tertiary/aromatic N) is 2. The van der Waals surface area contributed by atoms with Crippen molar-refractivity contribution in [1.82, 2.24) is 9.88 Å². The summed E-state index contributed by atoms with van der Waals surface area (Å²) in [6, 6.07) is 3.78. The van der Waals surface area contributed by atoms with E-state index in [4.69, 9.17) is 4.74 Å². The predicted molar refractivity (Wildman–Crippen MR) is 82.2 cm³/mol. The molecule has 1 spiro atoms. The maximum absolute atomic E-state index is 12.4. The molecule has 0 unspecified atom stereocenters. The highest BCUT2D eigenvalue weighted by molar-refractivity contribution is 5.78. The van der Waals surface area contributed by atoms with Gasteiger partial charge in [-0.15, -0.1) is 0 Å². The number of aliphatic hydroxyl groups excluding tert-OH is 1. The number of piperidine rings is 1. The molecule has 2 heterocycles. The van der Waals surface area contributed by atoms with Gasteiger partial charge in [0.1, 0.15) is 0 Å². The summed E-state index contributed by atoms with van der Waals surface area (Å²) in [6.45, 7) is 4.09. The second-order valence-corrected chi connectivity index (χ2v) is 6.35. The third-order valence-electron chi connectivity index (χ3n) is 5.24. The molecule has 2 aliphatic rings. The molecule has 1 aliphatic carbocycles. The molecule has 1 saturated heterocycles. The minimum absolute atomic E-state index is 0.124. The Hall–Kier alpha value is -1.46. The molecule has 5 heteroatoms. The van der Waals surface area contributed by atoms with Gasteiger partial charge in [-0.25, -0.2) is 0 Å². The van der Waals surface area contributed by atoms with Crippen molar-refractivity contribution in [2.45, 2.75) is 44.8 Å². The summed E-state index contributed by atoms with van der Waals surface area (Å²) in [5.41, 5.74) is 0.824. The largest absolute Gasteiger partial charge is 0.392 e. The van der Waals surface area contributed by atoms with Gasteiger partial charge in [0.15, 0.2) is 0 Å². The third kappa shape index (κ3) is 2.75. The van der Waals surface area contributed by atoms with Crippen molar-refractivity contribution < 1.29 is 14.6 Å². The number of amides is 1. The van der Waals surface area contributed by atoms with Gasteiger partial charge in [-0.2, -0.15) is 0 Å². The number of hydrogen-bond donors (Lipinski definition) is 1. The monoisotopic (exact) mass is 304 g/mol. The van der Waals surface area contributed by atoms with Crippen molar-refractivity contribution in [3.8, 4) is 0 Å². The molecule has 0 aromatic carbocycles. The zero-order chi connectivity index (χ0) is 15.6.